The first-order valence-electron chi connectivity index (χ1n) is 9.13. The van der Waals surface area contributed by atoms with Crippen molar-refractivity contribution in [3.8, 4) is 11.1 Å². The van der Waals surface area contributed by atoms with E-state index in [1.165, 1.54) is 59.1 Å². The molecule has 1 aliphatic rings. The molecule has 0 amide bonds. The van der Waals surface area contributed by atoms with Gasteiger partial charge in [-0.1, -0.05) is 73.5 Å². The van der Waals surface area contributed by atoms with Gasteiger partial charge in [0.25, 0.3) is 0 Å². The van der Waals surface area contributed by atoms with E-state index in [1.807, 2.05) is 0 Å². The SMILES string of the molecule is C=C(C)c1c(/C=C\C)cc(C2CCCC2)cc1-c1ccc(C)cc1. The van der Waals surface area contributed by atoms with Crippen LogP contribution in [-0.2, 0) is 0 Å². The Morgan fingerprint density at radius 2 is 1.75 bits per heavy atom. The Morgan fingerprint density at radius 3 is 2.33 bits per heavy atom. The zero-order valence-corrected chi connectivity index (χ0v) is 15.2. The smallest absolute Gasteiger partial charge is 0.00819 e. The van der Waals surface area contributed by atoms with Crippen LogP contribution in [0.4, 0.5) is 0 Å². The Hall–Kier alpha value is -2.08. The van der Waals surface area contributed by atoms with Crippen molar-refractivity contribution in [2.24, 2.45) is 0 Å². The van der Waals surface area contributed by atoms with Crippen LogP contribution in [0.1, 0.15) is 67.7 Å². The molecule has 1 saturated carbocycles. The number of hydrogen-bond acceptors (Lipinski definition) is 0. The third kappa shape index (κ3) is 3.38. The van der Waals surface area contributed by atoms with E-state index in [4.69, 9.17) is 0 Å². The van der Waals surface area contributed by atoms with Gasteiger partial charge in [-0.25, -0.2) is 0 Å². The highest BCUT2D eigenvalue weighted by Gasteiger charge is 2.20. The number of hydrogen-bond donors (Lipinski definition) is 0. The minimum atomic E-state index is 0.720. The lowest BCUT2D eigenvalue weighted by molar-refractivity contribution is 0.723. The molecule has 0 unspecified atom stereocenters. The molecule has 0 heteroatoms. The number of allylic oxidation sites excluding steroid dienone is 2. The second kappa shape index (κ2) is 7.21. The average Bonchev–Trinajstić information content (AvgIpc) is 3.09. The van der Waals surface area contributed by atoms with Crippen LogP contribution in [0, 0.1) is 6.92 Å². The topological polar surface area (TPSA) is 0 Å². The lowest BCUT2D eigenvalue weighted by atomic mass is 9.85. The van der Waals surface area contributed by atoms with Gasteiger partial charge in [0.05, 0.1) is 0 Å². The van der Waals surface area contributed by atoms with Crippen molar-refractivity contribution in [2.75, 3.05) is 0 Å². The molecular weight excluding hydrogens is 288 g/mol. The van der Waals surface area contributed by atoms with Crippen molar-refractivity contribution >= 4 is 11.6 Å². The Morgan fingerprint density at radius 1 is 1.08 bits per heavy atom. The monoisotopic (exact) mass is 316 g/mol. The van der Waals surface area contributed by atoms with Gasteiger partial charge in [0.1, 0.15) is 0 Å². The number of rotatable bonds is 4. The van der Waals surface area contributed by atoms with Crippen LogP contribution in [0.25, 0.3) is 22.8 Å². The number of benzene rings is 2. The van der Waals surface area contributed by atoms with Gasteiger partial charge in [0.2, 0.25) is 0 Å². The second-order valence-corrected chi connectivity index (χ2v) is 7.16. The molecular formula is C24H28. The van der Waals surface area contributed by atoms with Crippen LogP contribution >= 0.6 is 0 Å². The van der Waals surface area contributed by atoms with Gasteiger partial charge in [0.15, 0.2) is 0 Å². The van der Waals surface area contributed by atoms with E-state index < -0.39 is 0 Å². The van der Waals surface area contributed by atoms with Gasteiger partial charge in [0, 0.05) is 0 Å². The minimum Gasteiger partial charge on any atom is -0.0955 e. The standard InChI is InChI=1S/C24H28/c1-5-8-21-15-22(19-9-6-7-10-19)16-23(24(21)17(2)3)20-13-11-18(4)12-14-20/h5,8,11-16,19H,2,6-7,9-10H2,1,3-4H3/b8-5-. The Bertz CT molecular complexity index is 753. The van der Waals surface area contributed by atoms with Crippen LogP contribution in [0.2, 0.25) is 0 Å². The fraction of sp³-hybridized carbons (Fsp3) is 0.333. The first-order chi connectivity index (χ1) is 11.6. The van der Waals surface area contributed by atoms with E-state index >= 15 is 0 Å². The van der Waals surface area contributed by atoms with Gasteiger partial charge in [-0.2, -0.15) is 0 Å². The van der Waals surface area contributed by atoms with Gasteiger partial charge in [-0.05, 0) is 72.9 Å². The molecule has 2 aromatic carbocycles. The lowest BCUT2D eigenvalue weighted by Gasteiger charge is -2.19. The molecule has 0 nitrogen and oxygen atoms in total. The highest BCUT2D eigenvalue weighted by Crippen LogP contribution is 2.40. The molecule has 2 aromatic rings. The van der Waals surface area contributed by atoms with Crippen molar-refractivity contribution in [2.45, 2.75) is 52.4 Å². The zero-order chi connectivity index (χ0) is 17.1. The quantitative estimate of drug-likeness (QED) is 0.551. The van der Waals surface area contributed by atoms with Crippen LogP contribution in [0.3, 0.4) is 0 Å². The highest BCUT2D eigenvalue weighted by atomic mass is 14.2. The fourth-order valence-electron chi connectivity index (χ4n) is 3.93. The molecule has 0 saturated heterocycles. The Balaban J connectivity index is 2.22. The molecule has 0 atom stereocenters. The summed E-state index contributed by atoms with van der Waals surface area (Å²) >= 11 is 0. The normalized spacial score (nSPS) is 15.3. The van der Waals surface area contributed by atoms with Crippen molar-refractivity contribution in [3.05, 3.63) is 71.3 Å². The first-order valence-corrected chi connectivity index (χ1v) is 9.13. The third-order valence-corrected chi connectivity index (χ3v) is 5.15. The molecule has 3 rings (SSSR count). The van der Waals surface area contributed by atoms with E-state index in [0.717, 1.165) is 11.5 Å². The summed E-state index contributed by atoms with van der Waals surface area (Å²) in [5.41, 5.74) is 9.17. The predicted molar refractivity (Wildman–Crippen MR) is 107 cm³/mol. The minimum absolute atomic E-state index is 0.720. The van der Waals surface area contributed by atoms with E-state index in [-0.39, 0.29) is 0 Å². The summed E-state index contributed by atoms with van der Waals surface area (Å²) in [6, 6.07) is 13.7. The number of aryl methyl sites for hydroxylation is 1. The van der Waals surface area contributed by atoms with E-state index in [9.17, 15) is 0 Å². The van der Waals surface area contributed by atoms with Gasteiger partial charge < -0.3 is 0 Å². The van der Waals surface area contributed by atoms with Gasteiger partial charge in [-0.3, -0.25) is 0 Å². The molecule has 0 aliphatic heterocycles. The van der Waals surface area contributed by atoms with Crippen LogP contribution in [0.15, 0.2) is 49.1 Å². The van der Waals surface area contributed by atoms with Crippen molar-refractivity contribution in [1.29, 1.82) is 0 Å². The summed E-state index contributed by atoms with van der Waals surface area (Å²) in [5, 5.41) is 0. The molecule has 0 bridgehead atoms. The van der Waals surface area contributed by atoms with Crippen LogP contribution in [-0.4, -0.2) is 0 Å². The molecule has 0 spiro atoms. The van der Waals surface area contributed by atoms with E-state index in [1.54, 1.807) is 0 Å². The predicted octanol–water partition coefficient (Wildman–Crippen LogP) is 7.39. The largest absolute Gasteiger partial charge is 0.0955 e. The molecule has 0 N–H and O–H groups in total. The van der Waals surface area contributed by atoms with Crippen molar-refractivity contribution < 1.29 is 0 Å². The Kier molecular flexibility index (Phi) is 5.04. The molecule has 0 aromatic heterocycles. The summed E-state index contributed by atoms with van der Waals surface area (Å²) in [5.74, 6) is 0.720. The van der Waals surface area contributed by atoms with Crippen molar-refractivity contribution in [1.82, 2.24) is 0 Å². The second-order valence-electron chi connectivity index (χ2n) is 7.16. The molecule has 24 heavy (non-hydrogen) atoms. The summed E-state index contributed by atoms with van der Waals surface area (Å²) in [6.07, 6.45) is 9.76. The van der Waals surface area contributed by atoms with Gasteiger partial charge >= 0.3 is 0 Å². The van der Waals surface area contributed by atoms with Crippen LogP contribution in [0.5, 0.6) is 0 Å². The van der Waals surface area contributed by atoms with E-state index in [2.05, 4.69) is 75.9 Å². The Labute approximate surface area is 146 Å². The first kappa shape index (κ1) is 16.8. The molecule has 1 fully saturated rings. The van der Waals surface area contributed by atoms with Crippen LogP contribution < -0.4 is 0 Å². The summed E-state index contributed by atoms with van der Waals surface area (Å²) in [7, 11) is 0. The summed E-state index contributed by atoms with van der Waals surface area (Å²) < 4.78 is 0. The summed E-state index contributed by atoms with van der Waals surface area (Å²) in [6.45, 7) is 10.6. The third-order valence-electron chi connectivity index (χ3n) is 5.15. The maximum absolute atomic E-state index is 4.27. The summed E-state index contributed by atoms with van der Waals surface area (Å²) in [4.78, 5) is 0. The highest BCUT2D eigenvalue weighted by molar-refractivity contribution is 5.86. The molecule has 1 aliphatic carbocycles. The van der Waals surface area contributed by atoms with Gasteiger partial charge in [-0.15, -0.1) is 0 Å². The fourth-order valence-corrected chi connectivity index (χ4v) is 3.93. The zero-order valence-electron chi connectivity index (χ0n) is 15.2. The maximum atomic E-state index is 4.27. The molecule has 0 radical (unpaired) electrons. The lowest BCUT2D eigenvalue weighted by Crippen LogP contribution is -1.99. The van der Waals surface area contributed by atoms with Crippen molar-refractivity contribution in [3.63, 3.8) is 0 Å². The average molecular weight is 316 g/mol. The molecule has 0 heterocycles. The maximum Gasteiger partial charge on any atom is -0.00819 e. The molecule has 124 valence electrons. The van der Waals surface area contributed by atoms with E-state index in [0.29, 0.717) is 0 Å².